The molecule has 1 N–H and O–H groups in total. The van der Waals surface area contributed by atoms with Crippen molar-refractivity contribution < 1.29 is 17.4 Å². The first-order valence-electron chi connectivity index (χ1n) is 6.85. The highest BCUT2D eigenvalue weighted by molar-refractivity contribution is 7.92. The van der Waals surface area contributed by atoms with Crippen molar-refractivity contribution in [1.82, 2.24) is 10.1 Å². The molecule has 7 nitrogen and oxygen atoms in total. The second-order valence-corrected chi connectivity index (χ2v) is 6.78. The highest BCUT2D eigenvalue weighted by Gasteiger charge is 2.22. The Labute approximate surface area is 133 Å². The Kier molecular flexibility index (Phi) is 3.69. The predicted molar refractivity (Wildman–Crippen MR) is 83.5 cm³/mol. The van der Waals surface area contributed by atoms with Crippen LogP contribution in [0.15, 0.2) is 44.5 Å². The van der Waals surface area contributed by atoms with Crippen LogP contribution in [-0.4, -0.2) is 18.6 Å². The molecule has 0 saturated carbocycles. The Morgan fingerprint density at radius 2 is 1.87 bits per heavy atom. The Hall–Kier alpha value is -2.61. The molecule has 0 fully saturated rings. The Balaban J connectivity index is 1.89. The number of aryl methyl sites for hydroxylation is 2. The fraction of sp³-hybridized carbons (Fsp3) is 0.200. The molecule has 3 heterocycles. The molecule has 0 saturated heterocycles. The Morgan fingerprint density at radius 1 is 1.09 bits per heavy atom. The third-order valence-corrected chi connectivity index (χ3v) is 4.60. The van der Waals surface area contributed by atoms with Gasteiger partial charge in [0.25, 0.3) is 10.0 Å². The molecule has 0 radical (unpaired) electrons. The van der Waals surface area contributed by atoms with E-state index >= 15 is 0 Å². The van der Waals surface area contributed by atoms with E-state index in [4.69, 9.17) is 8.94 Å². The first-order valence-corrected chi connectivity index (χ1v) is 8.34. The van der Waals surface area contributed by atoms with Crippen LogP contribution in [0.1, 0.15) is 16.8 Å². The fourth-order valence-electron chi connectivity index (χ4n) is 1.95. The maximum Gasteiger partial charge on any atom is 0.296 e. The van der Waals surface area contributed by atoms with Crippen molar-refractivity contribution in [2.24, 2.45) is 0 Å². The summed E-state index contributed by atoms with van der Waals surface area (Å²) in [6, 6.07) is 6.24. The zero-order chi connectivity index (χ0) is 16.6. The van der Waals surface area contributed by atoms with Crippen LogP contribution in [0.25, 0.3) is 11.5 Å². The highest BCUT2D eigenvalue weighted by atomic mass is 32.2. The first kappa shape index (κ1) is 15.3. The SMILES string of the molecule is Cc1ccc(NS(=O)(=O)c2ccc(-c3onc(C)c3C)o2)nc1. The predicted octanol–water partition coefficient (Wildman–Crippen LogP) is 3.06. The monoisotopic (exact) mass is 333 g/mol. The van der Waals surface area contributed by atoms with Gasteiger partial charge in [-0.05, 0) is 44.5 Å². The van der Waals surface area contributed by atoms with Gasteiger partial charge >= 0.3 is 0 Å². The summed E-state index contributed by atoms with van der Waals surface area (Å²) in [5.41, 5.74) is 2.46. The summed E-state index contributed by atoms with van der Waals surface area (Å²) >= 11 is 0. The van der Waals surface area contributed by atoms with Gasteiger partial charge < -0.3 is 8.94 Å². The molecule has 0 aliphatic carbocycles. The topological polar surface area (TPSA) is 98.2 Å². The van der Waals surface area contributed by atoms with Gasteiger partial charge in [-0.2, -0.15) is 8.42 Å². The molecular weight excluding hydrogens is 318 g/mol. The molecule has 3 aromatic rings. The van der Waals surface area contributed by atoms with Crippen LogP contribution >= 0.6 is 0 Å². The molecule has 120 valence electrons. The number of pyridine rings is 1. The number of hydrogen-bond donors (Lipinski definition) is 1. The fourth-order valence-corrected chi connectivity index (χ4v) is 2.89. The molecule has 23 heavy (non-hydrogen) atoms. The maximum atomic E-state index is 12.3. The lowest BCUT2D eigenvalue weighted by Crippen LogP contribution is -2.13. The molecule has 8 heteroatoms. The molecule has 0 aliphatic heterocycles. The number of anilines is 1. The summed E-state index contributed by atoms with van der Waals surface area (Å²) < 4.78 is 37.6. The lowest BCUT2D eigenvalue weighted by atomic mass is 10.2. The number of nitrogens with zero attached hydrogens (tertiary/aromatic N) is 2. The van der Waals surface area contributed by atoms with Gasteiger partial charge in [-0.1, -0.05) is 11.2 Å². The van der Waals surface area contributed by atoms with E-state index in [1.807, 2.05) is 13.8 Å². The van der Waals surface area contributed by atoms with Crippen LogP contribution < -0.4 is 4.72 Å². The smallest absolute Gasteiger partial charge is 0.296 e. The lowest BCUT2D eigenvalue weighted by molar-refractivity contribution is 0.398. The van der Waals surface area contributed by atoms with Crippen molar-refractivity contribution in [2.75, 3.05) is 4.72 Å². The van der Waals surface area contributed by atoms with Crippen LogP contribution in [0.3, 0.4) is 0 Å². The molecule has 0 amide bonds. The number of hydrogen-bond acceptors (Lipinski definition) is 6. The van der Waals surface area contributed by atoms with Crippen LogP contribution in [0, 0.1) is 20.8 Å². The van der Waals surface area contributed by atoms with Crippen LogP contribution in [0.2, 0.25) is 0 Å². The van der Waals surface area contributed by atoms with Gasteiger partial charge in [0.15, 0.2) is 5.76 Å². The maximum absolute atomic E-state index is 12.3. The van der Waals surface area contributed by atoms with Crippen molar-refractivity contribution in [3.63, 3.8) is 0 Å². The van der Waals surface area contributed by atoms with Gasteiger partial charge in [-0.15, -0.1) is 0 Å². The van der Waals surface area contributed by atoms with Gasteiger partial charge in [0.05, 0.1) is 5.69 Å². The minimum atomic E-state index is -3.86. The minimum absolute atomic E-state index is 0.219. The second-order valence-electron chi connectivity index (χ2n) is 5.17. The molecule has 0 spiro atoms. The number of nitrogens with one attached hydrogen (secondary N) is 1. The van der Waals surface area contributed by atoms with Crippen LogP contribution in [0.4, 0.5) is 5.82 Å². The molecule has 0 atom stereocenters. The van der Waals surface area contributed by atoms with Crippen LogP contribution in [0.5, 0.6) is 0 Å². The third kappa shape index (κ3) is 2.98. The third-order valence-electron chi connectivity index (χ3n) is 3.38. The van der Waals surface area contributed by atoms with E-state index in [1.54, 1.807) is 25.3 Å². The minimum Gasteiger partial charge on any atom is -0.439 e. The van der Waals surface area contributed by atoms with Crippen molar-refractivity contribution in [1.29, 1.82) is 0 Å². The van der Waals surface area contributed by atoms with Gasteiger partial charge in [0.2, 0.25) is 10.9 Å². The normalized spacial score (nSPS) is 11.6. The molecule has 0 unspecified atom stereocenters. The van der Waals surface area contributed by atoms with Crippen molar-refractivity contribution in [3.05, 3.63) is 47.3 Å². The molecular formula is C15H15N3O4S. The zero-order valence-corrected chi connectivity index (χ0v) is 13.6. The van der Waals surface area contributed by atoms with E-state index in [0.29, 0.717) is 11.5 Å². The molecule has 0 bridgehead atoms. The molecule has 3 rings (SSSR count). The van der Waals surface area contributed by atoms with Crippen molar-refractivity contribution >= 4 is 15.8 Å². The summed E-state index contributed by atoms with van der Waals surface area (Å²) in [5, 5.41) is 3.61. The van der Waals surface area contributed by atoms with E-state index in [2.05, 4.69) is 14.9 Å². The van der Waals surface area contributed by atoms with E-state index in [-0.39, 0.29) is 10.9 Å². The average Bonchev–Trinajstić information content (AvgIpc) is 3.10. The van der Waals surface area contributed by atoms with Crippen molar-refractivity contribution in [2.45, 2.75) is 25.9 Å². The number of furan rings is 1. The summed E-state index contributed by atoms with van der Waals surface area (Å²) in [4.78, 5) is 4.01. The van der Waals surface area contributed by atoms with Gasteiger partial charge in [0.1, 0.15) is 5.82 Å². The molecule has 3 aromatic heterocycles. The van der Waals surface area contributed by atoms with Crippen LogP contribution in [-0.2, 0) is 10.0 Å². The van der Waals surface area contributed by atoms with Crippen molar-refractivity contribution in [3.8, 4) is 11.5 Å². The standard InChI is InChI=1S/C15H15N3O4S/c1-9-4-6-13(16-8-9)18-23(19,20)14-7-5-12(21-14)15-10(2)11(3)17-22-15/h4-8H,1-3H3,(H,16,18). The number of rotatable bonds is 4. The first-order chi connectivity index (χ1) is 10.9. The summed E-state index contributed by atoms with van der Waals surface area (Å²) in [7, 11) is -3.86. The van der Waals surface area contributed by atoms with Gasteiger partial charge in [-0.3, -0.25) is 4.72 Å². The number of sulfonamides is 1. The second kappa shape index (κ2) is 5.54. The highest BCUT2D eigenvalue weighted by Crippen LogP contribution is 2.29. The van der Waals surface area contributed by atoms with E-state index in [0.717, 1.165) is 16.8 Å². The van der Waals surface area contributed by atoms with E-state index < -0.39 is 10.0 Å². The quantitative estimate of drug-likeness (QED) is 0.788. The Morgan fingerprint density at radius 3 is 2.48 bits per heavy atom. The summed E-state index contributed by atoms with van der Waals surface area (Å²) in [6.45, 7) is 5.49. The Bertz CT molecular complexity index is 940. The number of aromatic nitrogens is 2. The largest absolute Gasteiger partial charge is 0.439 e. The van der Waals surface area contributed by atoms with Gasteiger partial charge in [-0.25, -0.2) is 4.98 Å². The lowest BCUT2D eigenvalue weighted by Gasteiger charge is -2.04. The zero-order valence-electron chi connectivity index (χ0n) is 12.8. The molecule has 0 aliphatic rings. The summed E-state index contributed by atoms with van der Waals surface area (Å²) in [5.74, 6) is 0.943. The van der Waals surface area contributed by atoms with Gasteiger partial charge in [0, 0.05) is 11.8 Å². The molecule has 0 aromatic carbocycles. The van der Waals surface area contributed by atoms with E-state index in [9.17, 15) is 8.42 Å². The summed E-state index contributed by atoms with van der Waals surface area (Å²) in [6.07, 6.45) is 1.58. The van der Waals surface area contributed by atoms with E-state index in [1.165, 1.54) is 12.1 Å². The average molecular weight is 333 g/mol.